The highest BCUT2D eigenvalue weighted by atomic mass is 32.2. The van der Waals surface area contributed by atoms with Crippen LogP contribution in [0.25, 0.3) is 11.1 Å². The number of rotatable bonds is 10. The first-order valence-corrected chi connectivity index (χ1v) is 13.7. The molecule has 0 unspecified atom stereocenters. The van der Waals surface area contributed by atoms with Crippen molar-refractivity contribution in [2.24, 2.45) is 5.14 Å². The van der Waals surface area contributed by atoms with Crippen molar-refractivity contribution in [1.29, 1.82) is 0 Å². The number of imidazole rings is 1. The third kappa shape index (κ3) is 6.19. The molecule has 0 amide bonds. The molecular weight excluding hydrogens is 474 g/mol. The van der Waals surface area contributed by atoms with Crippen LogP contribution < -0.4 is 9.88 Å². The van der Waals surface area contributed by atoms with Gasteiger partial charge in [0.1, 0.15) is 5.82 Å². The molecule has 0 bridgehead atoms. The summed E-state index contributed by atoms with van der Waals surface area (Å²) < 4.78 is 36.3. The Kier molecular flexibility index (Phi) is 8.76. The van der Waals surface area contributed by atoms with Crippen molar-refractivity contribution in [2.75, 3.05) is 12.9 Å². The molecule has 0 saturated carbocycles. The van der Waals surface area contributed by atoms with E-state index in [-0.39, 0.29) is 11.5 Å². The van der Waals surface area contributed by atoms with E-state index in [4.69, 9.17) is 19.6 Å². The van der Waals surface area contributed by atoms with Crippen LogP contribution in [0.15, 0.2) is 58.5 Å². The first-order valence-electron chi connectivity index (χ1n) is 11.0. The molecule has 0 fully saturated rings. The molecule has 0 aliphatic heterocycles. The van der Waals surface area contributed by atoms with Gasteiger partial charge < -0.3 is 9.47 Å². The average Bonchev–Trinajstić information content (AvgIpc) is 3.13. The van der Waals surface area contributed by atoms with Gasteiger partial charge in [0, 0.05) is 12.0 Å². The van der Waals surface area contributed by atoms with E-state index in [1.54, 1.807) is 25.1 Å². The zero-order valence-corrected chi connectivity index (χ0v) is 21.1. The van der Waals surface area contributed by atoms with E-state index in [1.807, 2.05) is 35.1 Å². The first-order chi connectivity index (χ1) is 16.3. The first kappa shape index (κ1) is 25.8. The molecule has 0 radical (unpaired) electrons. The van der Waals surface area contributed by atoms with Crippen molar-refractivity contribution in [3.05, 3.63) is 59.9 Å². The molecule has 10 heteroatoms. The van der Waals surface area contributed by atoms with Gasteiger partial charge in [0.25, 0.3) is 0 Å². The second-order valence-electron chi connectivity index (χ2n) is 7.56. The summed E-state index contributed by atoms with van der Waals surface area (Å²) in [7, 11) is -3.85. The summed E-state index contributed by atoms with van der Waals surface area (Å²) in [6.45, 7) is 4.47. The summed E-state index contributed by atoms with van der Waals surface area (Å²) in [6.07, 6.45) is 3.82. The van der Waals surface area contributed by atoms with Gasteiger partial charge in [0.2, 0.25) is 15.9 Å². The maximum atomic E-state index is 12.1. The average molecular weight is 504 g/mol. The van der Waals surface area contributed by atoms with E-state index in [9.17, 15) is 13.2 Å². The molecule has 3 rings (SSSR count). The smallest absolute Gasteiger partial charge is 0.434 e. The van der Waals surface area contributed by atoms with Gasteiger partial charge in [-0.15, -0.1) is 11.8 Å². The number of aryl methyl sites for hydroxylation is 1. The lowest BCUT2D eigenvalue weighted by Crippen LogP contribution is -2.15. The minimum Gasteiger partial charge on any atom is -0.434 e. The second kappa shape index (κ2) is 11.5. The van der Waals surface area contributed by atoms with Crippen molar-refractivity contribution in [3.8, 4) is 17.0 Å². The minimum absolute atomic E-state index is 0.0777. The molecule has 8 nitrogen and oxygen atoms in total. The van der Waals surface area contributed by atoms with E-state index in [1.165, 1.54) is 17.8 Å². The minimum atomic E-state index is -3.85. The summed E-state index contributed by atoms with van der Waals surface area (Å²) >= 11 is 1.40. The fraction of sp³-hybridized carbons (Fsp3) is 0.333. The highest BCUT2D eigenvalue weighted by Crippen LogP contribution is 2.32. The maximum absolute atomic E-state index is 12.1. The Morgan fingerprint density at radius 2 is 1.82 bits per heavy atom. The SMILES string of the molecule is CCCCc1nc(SC)c(OC(=O)OCC)n1Cc1ccc(-c2ccccc2S(N)(=O)=O)cc1. The van der Waals surface area contributed by atoms with Gasteiger partial charge in [0.05, 0.1) is 18.0 Å². The standard InChI is InChI=1S/C24H29N3O5S2/c1-4-6-11-21-26-22(33-3)23(32-24(28)31-5-2)27(21)16-17-12-14-18(15-13-17)19-9-7-8-10-20(19)34(25,29)30/h7-10,12-15H,4-6,11,16H2,1-3H3,(H2,25,29,30). The van der Waals surface area contributed by atoms with Gasteiger partial charge in [-0.3, -0.25) is 4.57 Å². The van der Waals surface area contributed by atoms with Crippen molar-refractivity contribution in [3.63, 3.8) is 0 Å². The Bertz CT molecular complexity index is 1240. The monoisotopic (exact) mass is 503 g/mol. The van der Waals surface area contributed by atoms with Gasteiger partial charge in [-0.05, 0) is 36.8 Å². The Labute approximate surface area is 204 Å². The third-order valence-electron chi connectivity index (χ3n) is 5.16. The van der Waals surface area contributed by atoms with Gasteiger partial charge in [-0.2, -0.15) is 0 Å². The fourth-order valence-corrected chi connectivity index (χ4v) is 4.81. The summed E-state index contributed by atoms with van der Waals surface area (Å²) in [5.74, 6) is 1.19. The number of unbranched alkanes of at least 4 members (excludes halogenated alkanes) is 1. The number of carbonyl (C=O) groups is 1. The lowest BCUT2D eigenvalue weighted by Gasteiger charge is -2.13. The molecule has 0 aliphatic carbocycles. The predicted molar refractivity (Wildman–Crippen MR) is 133 cm³/mol. The van der Waals surface area contributed by atoms with E-state index in [2.05, 4.69) is 6.92 Å². The van der Waals surface area contributed by atoms with Crippen molar-refractivity contribution >= 4 is 27.9 Å². The lowest BCUT2D eigenvalue weighted by atomic mass is 10.0. The summed E-state index contributed by atoms with van der Waals surface area (Å²) in [4.78, 5) is 16.8. The molecule has 2 N–H and O–H groups in total. The Morgan fingerprint density at radius 1 is 1.12 bits per heavy atom. The lowest BCUT2D eigenvalue weighted by molar-refractivity contribution is 0.0998. The van der Waals surface area contributed by atoms with Crippen molar-refractivity contribution in [2.45, 2.75) is 49.6 Å². The molecule has 182 valence electrons. The zero-order valence-electron chi connectivity index (χ0n) is 19.5. The molecular formula is C24H29N3O5S2. The fourth-order valence-electron chi connectivity index (χ4n) is 3.53. The van der Waals surface area contributed by atoms with E-state index < -0.39 is 16.2 Å². The van der Waals surface area contributed by atoms with Crippen LogP contribution in [0.5, 0.6) is 5.88 Å². The van der Waals surface area contributed by atoms with Gasteiger partial charge >= 0.3 is 6.16 Å². The van der Waals surface area contributed by atoms with E-state index in [0.29, 0.717) is 23.0 Å². The largest absolute Gasteiger partial charge is 0.515 e. The van der Waals surface area contributed by atoms with Crippen LogP contribution in [0.2, 0.25) is 0 Å². The second-order valence-corrected chi connectivity index (χ2v) is 9.88. The predicted octanol–water partition coefficient (Wildman–Crippen LogP) is 4.85. The number of aromatic nitrogens is 2. The third-order valence-corrected chi connectivity index (χ3v) is 6.78. The molecule has 1 aromatic heterocycles. The van der Waals surface area contributed by atoms with Gasteiger partial charge in [0.15, 0.2) is 5.03 Å². The Balaban J connectivity index is 1.96. The molecule has 1 heterocycles. The van der Waals surface area contributed by atoms with Crippen LogP contribution in [0.1, 0.15) is 38.1 Å². The van der Waals surface area contributed by atoms with Crippen LogP contribution in [-0.4, -0.2) is 37.0 Å². The molecule has 2 aromatic carbocycles. The normalized spacial score (nSPS) is 11.4. The number of benzene rings is 2. The Morgan fingerprint density at radius 3 is 2.44 bits per heavy atom. The number of nitrogens with zero attached hydrogens (tertiary/aromatic N) is 2. The molecule has 0 atom stereocenters. The highest BCUT2D eigenvalue weighted by molar-refractivity contribution is 7.98. The molecule has 0 saturated heterocycles. The van der Waals surface area contributed by atoms with Crippen molar-refractivity contribution in [1.82, 2.24) is 9.55 Å². The quantitative estimate of drug-likeness (QED) is 0.311. The van der Waals surface area contributed by atoms with E-state index >= 15 is 0 Å². The number of hydrogen-bond acceptors (Lipinski definition) is 7. The summed E-state index contributed by atoms with van der Waals surface area (Å²) in [5.41, 5.74) is 2.21. The highest BCUT2D eigenvalue weighted by Gasteiger charge is 2.22. The number of ether oxygens (including phenoxy) is 2. The zero-order chi connectivity index (χ0) is 24.7. The van der Waals surface area contributed by atoms with Crippen LogP contribution in [0.4, 0.5) is 4.79 Å². The van der Waals surface area contributed by atoms with Crippen molar-refractivity contribution < 1.29 is 22.7 Å². The van der Waals surface area contributed by atoms with Crippen LogP contribution in [-0.2, 0) is 27.7 Å². The number of thioether (sulfide) groups is 1. The molecule has 3 aromatic rings. The number of carbonyl (C=O) groups excluding carboxylic acids is 1. The molecule has 0 spiro atoms. The van der Waals surface area contributed by atoms with Gasteiger partial charge in [-0.1, -0.05) is 55.8 Å². The number of nitrogens with two attached hydrogens (primary N) is 1. The maximum Gasteiger partial charge on any atom is 0.515 e. The number of primary sulfonamides is 1. The number of hydrogen-bond donors (Lipinski definition) is 1. The van der Waals surface area contributed by atoms with Crippen LogP contribution in [0.3, 0.4) is 0 Å². The summed E-state index contributed by atoms with van der Waals surface area (Å²) in [5, 5.41) is 6.01. The topological polar surface area (TPSA) is 114 Å². The number of sulfonamides is 1. The molecule has 34 heavy (non-hydrogen) atoms. The van der Waals surface area contributed by atoms with E-state index in [0.717, 1.165) is 36.2 Å². The Hall–Kier alpha value is -2.82. The van der Waals surface area contributed by atoms with Crippen LogP contribution in [0, 0.1) is 0 Å². The van der Waals surface area contributed by atoms with Crippen LogP contribution >= 0.6 is 11.8 Å². The molecule has 0 aliphatic rings. The summed E-state index contributed by atoms with van der Waals surface area (Å²) in [6, 6.07) is 14.1. The van der Waals surface area contributed by atoms with Gasteiger partial charge in [-0.25, -0.2) is 23.3 Å².